The average molecular weight is 178 g/mol. The summed E-state index contributed by atoms with van der Waals surface area (Å²) in [6.07, 6.45) is 4.31. The van der Waals surface area contributed by atoms with Crippen LogP contribution in [0.2, 0.25) is 0 Å². The van der Waals surface area contributed by atoms with Crippen molar-refractivity contribution in [2.45, 2.75) is 40.5 Å². The van der Waals surface area contributed by atoms with Gasteiger partial charge in [-0.15, -0.1) is 0 Å². The van der Waals surface area contributed by atoms with E-state index in [-0.39, 0.29) is 10.8 Å². The van der Waals surface area contributed by atoms with Crippen molar-refractivity contribution in [3.63, 3.8) is 0 Å². The van der Waals surface area contributed by atoms with Gasteiger partial charge < -0.3 is 0 Å². The Kier molecular flexibility index (Phi) is 1.56. The second-order valence-electron chi connectivity index (χ2n) is 5.22. The number of rotatable bonds is 0. The first kappa shape index (κ1) is 8.98. The van der Waals surface area contributed by atoms with Crippen LogP contribution in [0.3, 0.4) is 0 Å². The van der Waals surface area contributed by atoms with E-state index < -0.39 is 0 Å². The molecule has 0 N–H and O–H groups in total. The zero-order valence-electron chi connectivity index (χ0n) is 8.98. The zero-order chi connectivity index (χ0) is 9.85. The fraction of sp³-hybridized carbons (Fsp3) is 0.750. The van der Waals surface area contributed by atoms with Crippen LogP contribution in [-0.2, 0) is 4.79 Å². The van der Waals surface area contributed by atoms with Gasteiger partial charge in [-0.2, -0.15) is 0 Å². The van der Waals surface area contributed by atoms with Crippen molar-refractivity contribution in [1.29, 1.82) is 0 Å². The molecule has 0 spiro atoms. The third-order valence-corrected chi connectivity index (χ3v) is 4.68. The Morgan fingerprint density at radius 3 is 2.31 bits per heavy atom. The van der Waals surface area contributed by atoms with Gasteiger partial charge in [-0.05, 0) is 36.7 Å². The maximum Gasteiger partial charge on any atom is 0.165 e. The molecule has 0 heterocycles. The SMILES string of the molecule is C/C=C1\C(=O)[C@]2(C)CC[C@@H]1C2(C)C. The van der Waals surface area contributed by atoms with E-state index in [4.69, 9.17) is 0 Å². The van der Waals surface area contributed by atoms with E-state index in [2.05, 4.69) is 20.8 Å². The van der Waals surface area contributed by atoms with Crippen LogP contribution < -0.4 is 0 Å². The summed E-state index contributed by atoms with van der Waals surface area (Å²) in [5.41, 5.74) is 1.21. The van der Waals surface area contributed by atoms with E-state index in [9.17, 15) is 4.79 Å². The number of fused-ring (bicyclic) bond motifs is 2. The van der Waals surface area contributed by atoms with Crippen molar-refractivity contribution in [2.24, 2.45) is 16.7 Å². The van der Waals surface area contributed by atoms with Crippen LogP contribution in [0.15, 0.2) is 11.6 Å². The van der Waals surface area contributed by atoms with Crippen molar-refractivity contribution in [3.05, 3.63) is 11.6 Å². The summed E-state index contributed by atoms with van der Waals surface area (Å²) in [5, 5.41) is 0. The lowest BCUT2D eigenvalue weighted by Gasteiger charge is -2.31. The van der Waals surface area contributed by atoms with Crippen molar-refractivity contribution < 1.29 is 4.79 Å². The lowest BCUT2D eigenvalue weighted by Crippen LogP contribution is -2.32. The fourth-order valence-electron chi connectivity index (χ4n) is 3.26. The molecule has 0 saturated heterocycles. The van der Waals surface area contributed by atoms with Gasteiger partial charge in [0.25, 0.3) is 0 Å². The molecule has 2 fully saturated rings. The lowest BCUT2D eigenvalue weighted by atomic mass is 9.70. The molecule has 0 aromatic rings. The van der Waals surface area contributed by atoms with Crippen LogP contribution in [-0.4, -0.2) is 5.78 Å². The molecule has 2 bridgehead atoms. The summed E-state index contributed by atoms with van der Waals surface area (Å²) in [6, 6.07) is 0. The smallest absolute Gasteiger partial charge is 0.165 e. The summed E-state index contributed by atoms with van der Waals surface area (Å²) in [7, 11) is 0. The van der Waals surface area contributed by atoms with Gasteiger partial charge in [-0.25, -0.2) is 0 Å². The Labute approximate surface area is 80.2 Å². The highest BCUT2D eigenvalue weighted by Crippen LogP contribution is 2.65. The first-order valence-electron chi connectivity index (χ1n) is 5.16. The van der Waals surface area contributed by atoms with Gasteiger partial charge in [-0.3, -0.25) is 4.79 Å². The van der Waals surface area contributed by atoms with E-state index in [1.165, 1.54) is 6.42 Å². The number of Topliss-reactive ketones (excluding diaryl/α,β-unsaturated/α-hetero) is 1. The number of allylic oxidation sites excluding steroid dienone is 2. The predicted octanol–water partition coefficient (Wildman–Crippen LogP) is 2.96. The topological polar surface area (TPSA) is 17.1 Å². The fourth-order valence-corrected chi connectivity index (χ4v) is 3.26. The van der Waals surface area contributed by atoms with Gasteiger partial charge >= 0.3 is 0 Å². The number of hydrogen-bond acceptors (Lipinski definition) is 1. The molecule has 72 valence electrons. The number of hydrogen-bond donors (Lipinski definition) is 0. The van der Waals surface area contributed by atoms with Crippen LogP contribution in [0.4, 0.5) is 0 Å². The maximum absolute atomic E-state index is 12.1. The van der Waals surface area contributed by atoms with Gasteiger partial charge in [0.1, 0.15) is 0 Å². The quantitative estimate of drug-likeness (QED) is 0.521. The normalized spacial score (nSPS) is 44.8. The average Bonchev–Trinajstić information content (AvgIpc) is 2.36. The summed E-state index contributed by atoms with van der Waals surface area (Å²) in [5.74, 6) is 0.936. The molecule has 2 aliphatic carbocycles. The van der Waals surface area contributed by atoms with Crippen LogP contribution in [0.25, 0.3) is 0 Å². The Hall–Kier alpha value is -0.590. The van der Waals surface area contributed by atoms with E-state index in [0.717, 1.165) is 12.0 Å². The van der Waals surface area contributed by atoms with Crippen LogP contribution >= 0.6 is 0 Å². The van der Waals surface area contributed by atoms with E-state index in [1.807, 2.05) is 13.0 Å². The molecule has 0 aliphatic heterocycles. The van der Waals surface area contributed by atoms with Crippen molar-refractivity contribution >= 4 is 5.78 Å². The summed E-state index contributed by atoms with van der Waals surface area (Å²) < 4.78 is 0. The molecule has 2 aliphatic rings. The molecule has 2 atom stereocenters. The van der Waals surface area contributed by atoms with Crippen molar-refractivity contribution in [2.75, 3.05) is 0 Å². The molecule has 0 aromatic heterocycles. The van der Waals surface area contributed by atoms with Crippen molar-refractivity contribution in [3.8, 4) is 0 Å². The highest BCUT2D eigenvalue weighted by Gasteiger charge is 2.63. The molecule has 0 aromatic carbocycles. The number of carbonyl (C=O) groups is 1. The number of carbonyl (C=O) groups excluding carboxylic acids is 1. The van der Waals surface area contributed by atoms with Gasteiger partial charge in [-0.1, -0.05) is 26.8 Å². The molecule has 13 heavy (non-hydrogen) atoms. The van der Waals surface area contributed by atoms with Crippen molar-refractivity contribution in [1.82, 2.24) is 0 Å². The first-order chi connectivity index (χ1) is 5.95. The molecular formula is C12H18O. The Bertz CT molecular complexity index is 298. The summed E-state index contributed by atoms with van der Waals surface area (Å²) >= 11 is 0. The first-order valence-corrected chi connectivity index (χ1v) is 5.16. The highest BCUT2D eigenvalue weighted by molar-refractivity contribution is 6.04. The standard InChI is InChI=1S/C12H18O/c1-5-8-9-6-7-12(4,10(8)13)11(9,2)3/h5,9H,6-7H2,1-4H3/b8-5-/t9-,12-/m0/s1. The largest absolute Gasteiger partial charge is 0.294 e. The minimum Gasteiger partial charge on any atom is -0.294 e. The van der Waals surface area contributed by atoms with Crippen LogP contribution in [0.5, 0.6) is 0 Å². The minimum atomic E-state index is -0.0699. The van der Waals surface area contributed by atoms with Gasteiger partial charge in [0.2, 0.25) is 0 Å². The Balaban J connectivity index is 2.57. The highest BCUT2D eigenvalue weighted by atomic mass is 16.1. The van der Waals surface area contributed by atoms with E-state index in [1.54, 1.807) is 0 Å². The zero-order valence-corrected chi connectivity index (χ0v) is 8.98. The second kappa shape index (κ2) is 2.26. The molecule has 0 unspecified atom stereocenters. The predicted molar refractivity (Wildman–Crippen MR) is 53.4 cm³/mol. The maximum atomic E-state index is 12.1. The second-order valence-corrected chi connectivity index (χ2v) is 5.22. The molecule has 0 amide bonds. The molecule has 1 nitrogen and oxygen atoms in total. The van der Waals surface area contributed by atoms with Gasteiger partial charge in [0.15, 0.2) is 5.78 Å². The minimum absolute atomic E-state index is 0.0699. The monoisotopic (exact) mass is 178 g/mol. The summed E-state index contributed by atoms with van der Waals surface area (Å²) in [6.45, 7) is 8.64. The third-order valence-electron chi connectivity index (χ3n) is 4.68. The van der Waals surface area contributed by atoms with Crippen LogP contribution in [0.1, 0.15) is 40.5 Å². The van der Waals surface area contributed by atoms with E-state index >= 15 is 0 Å². The van der Waals surface area contributed by atoms with Gasteiger partial charge in [0, 0.05) is 5.41 Å². The summed E-state index contributed by atoms with van der Waals surface area (Å²) in [4.78, 5) is 12.1. The Morgan fingerprint density at radius 2 is 2.00 bits per heavy atom. The molecule has 1 heteroatoms. The third kappa shape index (κ3) is 0.762. The molecular weight excluding hydrogens is 160 g/mol. The number of ketones is 1. The molecule has 2 saturated carbocycles. The molecule has 2 rings (SSSR count). The Morgan fingerprint density at radius 1 is 1.38 bits per heavy atom. The van der Waals surface area contributed by atoms with E-state index in [0.29, 0.717) is 11.7 Å². The molecule has 0 radical (unpaired) electrons. The lowest BCUT2D eigenvalue weighted by molar-refractivity contribution is -0.125. The van der Waals surface area contributed by atoms with Gasteiger partial charge in [0.05, 0.1) is 0 Å². The van der Waals surface area contributed by atoms with Crippen LogP contribution in [0, 0.1) is 16.7 Å².